The lowest BCUT2D eigenvalue weighted by atomic mass is 10.1. The van der Waals surface area contributed by atoms with Crippen LogP contribution >= 0.6 is 0 Å². The fourth-order valence-electron chi connectivity index (χ4n) is 4.86. The van der Waals surface area contributed by atoms with Crippen molar-refractivity contribution in [2.75, 3.05) is 37.7 Å². The molecule has 8 nitrogen and oxygen atoms in total. The molecule has 2 heterocycles. The van der Waals surface area contributed by atoms with Gasteiger partial charge >= 0.3 is 12.1 Å². The van der Waals surface area contributed by atoms with E-state index in [0.29, 0.717) is 32.8 Å². The van der Waals surface area contributed by atoms with Crippen LogP contribution in [-0.4, -0.2) is 56.0 Å². The van der Waals surface area contributed by atoms with Gasteiger partial charge in [-0.1, -0.05) is 95.8 Å². The summed E-state index contributed by atoms with van der Waals surface area (Å²) in [7, 11) is 0. The number of amides is 1. The average molecular weight is 557 g/mol. The fraction of sp³-hybridized carbons (Fsp3) is 0.625. The molecule has 1 atom stereocenters. The monoisotopic (exact) mass is 556 g/mol. The lowest BCUT2D eigenvalue weighted by molar-refractivity contribution is -0.0712. The number of anilines is 1. The fourth-order valence-corrected chi connectivity index (χ4v) is 4.86. The van der Waals surface area contributed by atoms with Crippen molar-refractivity contribution in [1.29, 1.82) is 0 Å². The Hall–Kier alpha value is -3.16. The first-order valence-electron chi connectivity index (χ1n) is 15.3. The van der Waals surface area contributed by atoms with Gasteiger partial charge in [-0.15, -0.1) is 0 Å². The van der Waals surface area contributed by atoms with Crippen molar-refractivity contribution in [3.05, 3.63) is 48.2 Å². The van der Waals surface area contributed by atoms with Gasteiger partial charge in [-0.05, 0) is 24.6 Å². The highest BCUT2D eigenvalue weighted by atomic mass is 16.7. The van der Waals surface area contributed by atoms with Crippen molar-refractivity contribution < 1.29 is 28.2 Å². The van der Waals surface area contributed by atoms with Gasteiger partial charge in [0.05, 0.1) is 6.61 Å². The molecule has 2 aromatic rings. The van der Waals surface area contributed by atoms with E-state index < -0.39 is 18.4 Å². The van der Waals surface area contributed by atoms with Gasteiger partial charge in [0.25, 0.3) is 5.95 Å². The van der Waals surface area contributed by atoms with Crippen LogP contribution in [0, 0.1) is 0 Å². The van der Waals surface area contributed by atoms with Crippen LogP contribution in [0.4, 0.5) is 10.5 Å². The van der Waals surface area contributed by atoms with Gasteiger partial charge in [0.2, 0.25) is 12.1 Å². The molecule has 1 aliphatic heterocycles. The molecule has 1 saturated heterocycles. The summed E-state index contributed by atoms with van der Waals surface area (Å²) in [5.74, 6) is -0.394. The van der Waals surface area contributed by atoms with E-state index in [1.54, 1.807) is 11.0 Å². The van der Waals surface area contributed by atoms with Crippen LogP contribution < -0.4 is 9.64 Å². The van der Waals surface area contributed by atoms with Crippen molar-refractivity contribution in [1.82, 2.24) is 4.90 Å². The molecule has 0 spiro atoms. The number of carbonyl (C=O) groups excluding carboxylic acids is 2. The Balaban J connectivity index is 1.22. The van der Waals surface area contributed by atoms with Crippen LogP contribution in [0.1, 0.15) is 101 Å². The highest BCUT2D eigenvalue weighted by Gasteiger charge is 2.25. The normalized spacial score (nSPS) is 14.2. The minimum Gasteiger partial charge on any atom is -0.465 e. The maximum absolute atomic E-state index is 12.5. The number of hydrogen-bond acceptors (Lipinski definition) is 7. The van der Waals surface area contributed by atoms with Crippen molar-refractivity contribution >= 4 is 17.7 Å². The van der Waals surface area contributed by atoms with Crippen LogP contribution in [0.25, 0.3) is 0 Å². The summed E-state index contributed by atoms with van der Waals surface area (Å²) in [6.07, 6.45) is 13.9. The molecule has 0 N–H and O–H groups in total. The van der Waals surface area contributed by atoms with Crippen molar-refractivity contribution in [2.24, 2.45) is 0 Å². The summed E-state index contributed by atoms with van der Waals surface area (Å²) < 4.78 is 21.7. The van der Waals surface area contributed by atoms with Gasteiger partial charge in [0, 0.05) is 44.9 Å². The van der Waals surface area contributed by atoms with E-state index in [2.05, 4.69) is 24.0 Å². The molecule has 1 aromatic carbocycles. The van der Waals surface area contributed by atoms with Gasteiger partial charge in [-0.25, -0.2) is 9.59 Å². The summed E-state index contributed by atoms with van der Waals surface area (Å²) in [6.45, 7) is 6.81. The molecule has 8 heteroatoms. The average Bonchev–Trinajstić information content (AvgIpc) is 3.45. The van der Waals surface area contributed by atoms with E-state index in [9.17, 15) is 9.59 Å². The zero-order valence-electron chi connectivity index (χ0n) is 24.5. The topological polar surface area (TPSA) is 81.5 Å². The van der Waals surface area contributed by atoms with Crippen LogP contribution in [-0.2, 0) is 9.47 Å². The molecule has 1 aliphatic rings. The zero-order valence-corrected chi connectivity index (χ0v) is 24.5. The van der Waals surface area contributed by atoms with Gasteiger partial charge in [-0.3, -0.25) is 0 Å². The van der Waals surface area contributed by atoms with Crippen LogP contribution in [0.5, 0.6) is 5.95 Å². The van der Waals surface area contributed by atoms with Crippen LogP contribution in [0.15, 0.2) is 46.9 Å². The van der Waals surface area contributed by atoms with E-state index in [4.69, 9.17) is 18.6 Å². The zero-order chi connectivity index (χ0) is 28.4. The molecule has 0 saturated carbocycles. The number of benzene rings is 1. The Morgan fingerprint density at radius 1 is 0.775 bits per heavy atom. The maximum atomic E-state index is 12.5. The number of unbranched alkanes of at least 4 members (excludes halogenated alkanes) is 11. The predicted octanol–water partition coefficient (Wildman–Crippen LogP) is 7.82. The summed E-state index contributed by atoms with van der Waals surface area (Å²) in [4.78, 5) is 28.8. The summed E-state index contributed by atoms with van der Waals surface area (Å²) >= 11 is 0. The third-order valence-electron chi connectivity index (χ3n) is 7.22. The number of rotatable bonds is 18. The quantitative estimate of drug-likeness (QED) is 0.105. The molecular formula is C32H48N2O6. The van der Waals surface area contributed by atoms with Crippen molar-refractivity contribution in [3.8, 4) is 5.95 Å². The minimum atomic E-state index is -1.04. The number of esters is 1. The third-order valence-corrected chi connectivity index (χ3v) is 7.22. The molecular weight excluding hydrogens is 508 g/mol. The number of hydrogen-bond donors (Lipinski definition) is 0. The SMILES string of the molecule is CCCCCCCCCCCCCCOc1ccc(C(=O)OC(C)OC(=O)N2CCN(c3ccccc3)CC2)o1. The number of nitrogens with zero attached hydrogens (tertiary/aromatic N) is 2. The van der Waals surface area contributed by atoms with E-state index in [1.807, 2.05) is 18.2 Å². The largest absolute Gasteiger partial charge is 0.465 e. The van der Waals surface area contributed by atoms with Crippen LogP contribution in [0.2, 0.25) is 0 Å². The molecule has 0 aliphatic carbocycles. The number of furan rings is 1. The van der Waals surface area contributed by atoms with Gasteiger partial charge in [0.1, 0.15) is 0 Å². The van der Waals surface area contributed by atoms with E-state index >= 15 is 0 Å². The first-order valence-corrected chi connectivity index (χ1v) is 15.3. The standard InChI is InChI=1S/C32H48N2O6/c1-3-4-5-6-7-8-9-10-11-12-13-17-26-37-30-21-20-29(40-30)31(35)38-27(2)39-32(36)34-24-22-33(23-25-34)28-18-15-14-16-19-28/h14-16,18-21,27H,3-13,17,22-26H2,1-2H3. The molecule has 222 valence electrons. The molecule has 0 radical (unpaired) electrons. The predicted molar refractivity (Wildman–Crippen MR) is 157 cm³/mol. The Kier molecular flexibility index (Phi) is 14.3. The number of ether oxygens (including phenoxy) is 3. The molecule has 40 heavy (non-hydrogen) atoms. The lowest BCUT2D eigenvalue weighted by Gasteiger charge is -2.35. The highest BCUT2D eigenvalue weighted by molar-refractivity contribution is 5.86. The molecule has 1 amide bonds. The molecule has 0 bridgehead atoms. The second-order valence-corrected chi connectivity index (χ2v) is 10.5. The molecule has 1 aromatic heterocycles. The van der Waals surface area contributed by atoms with E-state index in [1.165, 1.54) is 77.2 Å². The molecule has 1 unspecified atom stereocenters. The van der Waals surface area contributed by atoms with Gasteiger partial charge in [0.15, 0.2) is 0 Å². The first kappa shape index (κ1) is 31.4. The van der Waals surface area contributed by atoms with E-state index in [0.717, 1.165) is 18.5 Å². The Morgan fingerprint density at radius 2 is 1.38 bits per heavy atom. The van der Waals surface area contributed by atoms with Crippen molar-refractivity contribution in [2.45, 2.75) is 97.2 Å². The van der Waals surface area contributed by atoms with Crippen LogP contribution in [0.3, 0.4) is 0 Å². The molecule has 3 rings (SSSR count). The second-order valence-electron chi connectivity index (χ2n) is 10.5. The smallest absolute Gasteiger partial charge is 0.412 e. The van der Waals surface area contributed by atoms with Gasteiger partial charge in [-0.2, -0.15) is 0 Å². The Bertz CT molecular complexity index is 971. The Morgan fingerprint density at radius 3 is 2.00 bits per heavy atom. The Labute approximate surface area is 239 Å². The number of piperazine rings is 1. The number of para-hydroxylation sites is 1. The number of carbonyl (C=O) groups is 2. The minimum absolute atomic E-state index is 0.0177. The second kappa shape index (κ2) is 18.2. The van der Waals surface area contributed by atoms with Gasteiger partial charge < -0.3 is 28.4 Å². The summed E-state index contributed by atoms with van der Waals surface area (Å²) in [5, 5.41) is 0. The lowest BCUT2D eigenvalue weighted by Crippen LogP contribution is -2.49. The summed E-state index contributed by atoms with van der Waals surface area (Å²) in [5.41, 5.74) is 1.13. The third kappa shape index (κ3) is 11.5. The summed E-state index contributed by atoms with van der Waals surface area (Å²) in [6, 6.07) is 13.2. The highest BCUT2D eigenvalue weighted by Crippen LogP contribution is 2.19. The van der Waals surface area contributed by atoms with E-state index in [-0.39, 0.29) is 11.7 Å². The van der Waals surface area contributed by atoms with Crippen molar-refractivity contribution in [3.63, 3.8) is 0 Å². The maximum Gasteiger partial charge on any atom is 0.412 e. The first-order chi connectivity index (χ1) is 19.6. The molecule has 1 fully saturated rings.